The highest BCUT2D eigenvalue weighted by molar-refractivity contribution is 5.85. The maximum absolute atomic E-state index is 12.6. The van der Waals surface area contributed by atoms with Gasteiger partial charge in [0.25, 0.3) is 0 Å². The van der Waals surface area contributed by atoms with Gasteiger partial charge in [-0.1, -0.05) is 12.1 Å². The van der Waals surface area contributed by atoms with Gasteiger partial charge in [0, 0.05) is 0 Å². The van der Waals surface area contributed by atoms with Gasteiger partial charge in [-0.25, -0.2) is 4.39 Å². The molecule has 1 aliphatic rings. The number of benzene rings is 1. The molecule has 1 heterocycles. The smallest absolute Gasteiger partial charge is 0.123 e. The van der Waals surface area contributed by atoms with E-state index in [-0.39, 0.29) is 18.2 Å². The van der Waals surface area contributed by atoms with Crippen LogP contribution in [0.15, 0.2) is 24.3 Å². The van der Waals surface area contributed by atoms with Crippen LogP contribution < -0.4 is 5.32 Å². The first-order valence-corrected chi connectivity index (χ1v) is 4.80. The topological polar surface area (TPSA) is 12.0 Å². The van der Waals surface area contributed by atoms with Crippen molar-refractivity contribution in [2.75, 3.05) is 13.1 Å². The quantitative estimate of drug-likeness (QED) is 0.817. The Morgan fingerprint density at radius 1 is 1.21 bits per heavy atom. The Balaban J connectivity index is 0.000000980. The fraction of sp³-hybridized carbons (Fsp3) is 0.455. The molecule has 14 heavy (non-hydrogen) atoms. The number of halogens is 2. The first-order chi connectivity index (χ1) is 6.34. The van der Waals surface area contributed by atoms with Crippen LogP contribution in [0.2, 0.25) is 0 Å². The fourth-order valence-electron chi connectivity index (χ4n) is 1.57. The zero-order valence-electron chi connectivity index (χ0n) is 8.00. The second-order valence-electron chi connectivity index (χ2n) is 3.69. The predicted octanol–water partition coefficient (Wildman–Crippen LogP) is 2.40. The number of hydrogen-bond donors (Lipinski definition) is 1. The molecule has 0 aromatic heterocycles. The third kappa shape index (κ3) is 2.96. The van der Waals surface area contributed by atoms with Crippen molar-refractivity contribution in [2.45, 2.75) is 12.8 Å². The Morgan fingerprint density at radius 2 is 1.86 bits per heavy atom. The third-order valence-corrected chi connectivity index (χ3v) is 2.62. The Kier molecular flexibility index (Phi) is 4.36. The summed E-state index contributed by atoms with van der Waals surface area (Å²) >= 11 is 0. The van der Waals surface area contributed by atoms with E-state index in [0.717, 1.165) is 25.4 Å². The molecule has 0 saturated carbocycles. The fourth-order valence-corrected chi connectivity index (χ4v) is 1.57. The van der Waals surface area contributed by atoms with Gasteiger partial charge >= 0.3 is 0 Å². The summed E-state index contributed by atoms with van der Waals surface area (Å²) in [7, 11) is 0. The molecule has 3 heteroatoms. The molecule has 0 bridgehead atoms. The minimum atomic E-state index is -0.144. The third-order valence-electron chi connectivity index (χ3n) is 2.62. The summed E-state index contributed by atoms with van der Waals surface area (Å²) in [6, 6.07) is 6.82. The minimum absolute atomic E-state index is 0. The Bertz CT molecular complexity index is 269. The van der Waals surface area contributed by atoms with E-state index >= 15 is 0 Å². The molecule has 0 atom stereocenters. The van der Waals surface area contributed by atoms with Gasteiger partial charge in [-0.3, -0.25) is 0 Å². The van der Waals surface area contributed by atoms with Crippen LogP contribution in [0.25, 0.3) is 0 Å². The lowest BCUT2D eigenvalue weighted by Crippen LogP contribution is -2.42. The highest BCUT2D eigenvalue weighted by atomic mass is 35.5. The van der Waals surface area contributed by atoms with Crippen LogP contribution in [0, 0.1) is 11.7 Å². The molecule has 1 saturated heterocycles. The number of rotatable bonds is 3. The van der Waals surface area contributed by atoms with Crippen LogP contribution in [0.1, 0.15) is 12.0 Å². The SMILES string of the molecule is Cl.Fc1ccc(CCC2CNC2)cc1. The van der Waals surface area contributed by atoms with Gasteiger partial charge in [-0.2, -0.15) is 0 Å². The molecule has 0 amide bonds. The van der Waals surface area contributed by atoms with Crippen molar-refractivity contribution < 1.29 is 4.39 Å². The van der Waals surface area contributed by atoms with E-state index in [1.54, 1.807) is 0 Å². The van der Waals surface area contributed by atoms with Gasteiger partial charge in [-0.15, -0.1) is 12.4 Å². The highest BCUT2D eigenvalue weighted by Gasteiger charge is 2.15. The van der Waals surface area contributed by atoms with E-state index in [4.69, 9.17) is 0 Å². The van der Waals surface area contributed by atoms with Gasteiger partial charge in [0.2, 0.25) is 0 Å². The molecular formula is C11H15ClFN. The molecule has 1 fully saturated rings. The normalized spacial score (nSPS) is 15.8. The maximum atomic E-state index is 12.6. The zero-order chi connectivity index (χ0) is 9.10. The van der Waals surface area contributed by atoms with Crippen molar-refractivity contribution in [2.24, 2.45) is 5.92 Å². The Labute approximate surface area is 90.1 Å². The van der Waals surface area contributed by atoms with Gasteiger partial charge in [0.1, 0.15) is 5.82 Å². The molecule has 0 unspecified atom stereocenters. The number of aryl methyl sites for hydroxylation is 1. The van der Waals surface area contributed by atoms with Gasteiger partial charge in [0.05, 0.1) is 0 Å². The largest absolute Gasteiger partial charge is 0.316 e. The van der Waals surface area contributed by atoms with Gasteiger partial charge in [0.15, 0.2) is 0 Å². The molecule has 1 aromatic rings. The molecule has 78 valence electrons. The monoisotopic (exact) mass is 215 g/mol. The van der Waals surface area contributed by atoms with E-state index in [0.29, 0.717) is 0 Å². The molecule has 1 aromatic carbocycles. The summed E-state index contributed by atoms with van der Waals surface area (Å²) in [5.74, 6) is 0.694. The van der Waals surface area contributed by atoms with Crippen molar-refractivity contribution in [3.63, 3.8) is 0 Å². The Morgan fingerprint density at radius 3 is 2.36 bits per heavy atom. The lowest BCUT2D eigenvalue weighted by Gasteiger charge is -2.26. The molecule has 2 rings (SSSR count). The predicted molar refractivity (Wildman–Crippen MR) is 58.3 cm³/mol. The molecule has 1 nitrogen and oxygen atoms in total. The lowest BCUT2D eigenvalue weighted by atomic mass is 9.95. The highest BCUT2D eigenvalue weighted by Crippen LogP contribution is 2.13. The van der Waals surface area contributed by atoms with E-state index in [1.165, 1.54) is 24.1 Å². The van der Waals surface area contributed by atoms with Crippen molar-refractivity contribution in [1.29, 1.82) is 0 Å². The van der Waals surface area contributed by atoms with Crippen LogP contribution >= 0.6 is 12.4 Å². The molecule has 0 aliphatic carbocycles. The van der Waals surface area contributed by atoms with E-state index in [2.05, 4.69) is 5.32 Å². The average Bonchev–Trinajstić information content (AvgIpc) is 2.05. The lowest BCUT2D eigenvalue weighted by molar-refractivity contribution is 0.328. The van der Waals surface area contributed by atoms with Crippen LogP contribution in [-0.2, 0) is 6.42 Å². The first-order valence-electron chi connectivity index (χ1n) is 4.80. The van der Waals surface area contributed by atoms with Gasteiger partial charge in [-0.05, 0) is 49.5 Å². The number of hydrogen-bond acceptors (Lipinski definition) is 1. The van der Waals surface area contributed by atoms with Crippen LogP contribution in [0.4, 0.5) is 4.39 Å². The zero-order valence-corrected chi connectivity index (χ0v) is 8.82. The standard InChI is InChI=1S/C11H14FN.ClH/c12-11-5-3-9(4-6-11)1-2-10-7-13-8-10;/h3-6,10,13H,1-2,7-8H2;1H. The Hall–Kier alpha value is -0.600. The van der Waals surface area contributed by atoms with Crippen molar-refractivity contribution in [3.8, 4) is 0 Å². The van der Waals surface area contributed by atoms with Crippen molar-refractivity contribution in [3.05, 3.63) is 35.6 Å². The summed E-state index contributed by atoms with van der Waals surface area (Å²) in [5, 5.41) is 3.25. The minimum Gasteiger partial charge on any atom is -0.316 e. The first kappa shape index (κ1) is 11.5. The summed E-state index contributed by atoms with van der Waals surface area (Å²) in [6.45, 7) is 2.31. The van der Waals surface area contributed by atoms with E-state index in [9.17, 15) is 4.39 Å². The van der Waals surface area contributed by atoms with Crippen LogP contribution in [0.3, 0.4) is 0 Å². The van der Waals surface area contributed by atoms with Crippen LogP contribution in [-0.4, -0.2) is 13.1 Å². The molecule has 0 spiro atoms. The van der Waals surface area contributed by atoms with Crippen molar-refractivity contribution in [1.82, 2.24) is 5.32 Å². The second kappa shape index (κ2) is 5.32. The summed E-state index contributed by atoms with van der Waals surface area (Å²) in [4.78, 5) is 0. The summed E-state index contributed by atoms with van der Waals surface area (Å²) in [5.41, 5.74) is 1.24. The molecular weight excluding hydrogens is 201 g/mol. The molecule has 1 aliphatic heterocycles. The van der Waals surface area contributed by atoms with Crippen LogP contribution in [0.5, 0.6) is 0 Å². The number of nitrogens with one attached hydrogen (secondary N) is 1. The summed E-state index contributed by atoms with van der Waals surface area (Å²) < 4.78 is 12.6. The maximum Gasteiger partial charge on any atom is 0.123 e. The summed E-state index contributed by atoms with van der Waals surface area (Å²) in [6.07, 6.45) is 2.30. The average molecular weight is 216 g/mol. The van der Waals surface area contributed by atoms with E-state index < -0.39 is 0 Å². The van der Waals surface area contributed by atoms with Crippen molar-refractivity contribution >= 4 is 12.4 Å². The van der Waals surface area contributed by atoms with Gasteiger partial charge < -0.3 is 5.32 Å². The molecule has 0 radical (unpaired) electrons. The second-order valence-corrected chi connectivity index (χ2v) is 3.69. The van der Waals surface area contributed by atoms with E-state index in [1.807, 2.05) is 12.1 Å². The molecule has 1 N–H and O–H groups in total.